The fourth-order valence-corrected chi connectivity index (χ4v) is 1.05. The van der Waals surface area contributed by atoms with Crippen molar-refractivity contribution in [1.29, 1.82) is 0 Å². The number of hydrogen-bond donors (Lipinski definition) is 0. The minimum absolute atomic E-state index is 0.481. The first kappa shape index (κ1) is 19.5. The minimum Gasteiger partial charge on any atom is -0.381 e. The predicted octanol–water partition coefficient (Wildman–Crippen LogP) is 4.90. The zero-order valence-electron chi connectivity index (χ0n) is 11.7. The van der Waals surface area contributed by atoms with E-state index in [-0.39, 0.29) is 0 Å². The molecule has 1 nitrogen and oxygen atoms in total. The molecular weight excluding hydrogens is 172 g/mol. The Balaban J connectivity index is -0.000000266. The highest BCUT2D eigenvalue weighted by atomic mass is 16.5. The van der Waals surface area contributed by atoms with Gasteiger partial charge in [0, 0.05) is 7.11 Å². The summed E-state index contributed by atoms with van der Waals surface area (Å²) in [4.78, 5) is 0. The second-order valence-electron chi connectivity index (χ2n) is 3.02. The third kappa shape index (κ3) is 14.5. The zero-order valence-corrected chi connectivity index (χ0v) is 11.7. The molecule has 0 saturated carbocycles. The lowest BCUT2D eigenvalue weighted by molar-refractivity contribution is 0.0788. The van der Waals surface area contributed by atoms with Gasteiger partial charge in [-0.1, -0.05) is 54.9 Å². The molecular formula is C13H32O. The van der Waals surface area contributed by atoms with Crippen molar-refractivity contribution in [3.05, 3.63) is 0 Å². The quantitative estimate of drug-likeness (QED) is 0.619. The maximum atomic E-state index is 5.27. The summed E-state index contributed by atoms with van der Waals surface area (Å²) in [6.07, 6.45) is 4.10. The van der Waals surface area contributed by atoms with Crippen LogP contribution in [0, 0.1) is 5.92 Å². The average molecular weight is 204 g/mol. The number of hydrogen-bond acceptors (Lipinski definition) is 1. The standard InChI is InChI=1S/C9H20O.2C2H6/c1-5-8(3)7-9(6-2)10-4;2*1-2/h8-9H,5-7H2,1-4H3;2*1-2H3. The molecule has 0 spiro atoms. The van der Waals surface area contributed by atoms with E-state index < -0.39 is 0 Å². The molecule has 0 aliphatic rings. The molecule has 2 unspecified atom stereocenters. The van der Waals surface area contributed by atoms with E-state index in [9.17, 15) is 0 Å². The summed E-state index contributed by atoms with van der Waals surface area (Å²) in [6.45, 7) is 14.7. The van der Waals surface area contributed by atoms with Crippen LogP contribution in [0.1, 0.15) is 67.7 Å². The van der Waals surface area contributed by atoms with E-state index in [4.69, 9.17) is 4.74 Å². The lowest BCUT2D eigenvalue weighted by atomic mass is 10.00. The summed E-state index contributed by atoms with van der Waals surface area (Å²) >= 11 is 0. The normalized spacial score (nSPS) is 12.9. The van der Waals surface area contributed by atoms with Crippen LogP contribution < -0.4 is 0 Å². The third-order valence-corrected chi connectivity index (χ3v) is 2.15. The van der Waals surface area contributed by atoms with Crippen molar-refractivity contribution in [1.82, 2.24) is 0 Å². The molecule has 0 amide bonds. The molecule has 0 radical (unpaired) electrons. The molecule has 0 saturated heterocycles. The summed E-state index contributed by atoms with van der Waals surface area (Å²) in [7, 11) is 1.80. The summed E-state index contributed by atoms with van der Waals surface area (Å²) in [5.74, 6) is 0.810. The predicted molar refractivity (Wildman–Crippen MR) is 67.9 cm³/mol. The molecule has 0 fully saturated rings. The minimum atomic E-state index is 0.481. The smallest absolute Gasteiger partial charge is 0.0571 e. The van der Waals surface area contributed by atoms with E-state index in [0.29, 0.717) is 6.10 Å². The van der Waals surface area contributed by atoms with Gasteiger partial charge in [0.15, 0.2) is 0 Å². The highest BCUT2D eigenvalue weighted by Gasteiger charge is 2.07. The van der Waals surface area contributed by atoms with Gasteiger partial charge in [0.1, 0.15) is 0 Å². The van der Waals surface area contributed by atoms with Crippen LogP contribution in [0.4, 0.5) is 0 Å². The Labute approximate surface area is 92.2 Å². The van der Waals surface area contributed by atoms with Gasteiger partial charge in [-0.15, -0.1) is 0 Å². The van der Waals surface area contributed by atoms with Crippen molar-refractivity contribution >= 4 is 0 Å². The molecule has 0 aromatic carbocycles. The van der Waals surface area contributed by atoms with Crippen molar-refractivity contribution in [3.63, 3.8) is 0 Å². The van der Waals surface area contributed by atoms with Gasteiger partial charge < -0.3 is 4.74 Å². The SMILES string of the molecule is CC.CC.CCC(C)CC(CC)OC. The van der Waals surface area contributed by atoms with Gasteiger partial charge in [0.2, 0.25) is 0 Å². The molecule has 14 heavy (non-hydrogen) atoms. The van der Waals surface area contributed by atoms with Gasteiger partial charge in [0.05, 0.1) is 6.10 Å². The van der Waals surface area contributed by atoms with Crippen LogP contribution in [0.5, 0.6) is 0 Å². The fraction of sp³-hybridized carbons (Fsp3) is 1.00. The van der Waals surface area contributed by atoms with Crippen LogP contribution >= 0.6 is 0 Å². The molecule has 1 heteroatoms. The monoisotopic (exact) mass is 204 g/mol. The molecule has 0 aromatic heterocycles. The molecule has 0 aliphatic heterocycles. The Hall–Kier alpha value is -0.0400. The Kier molecular flexibility index (Phi) is 26.1. The van der Waals surface area contributed by atoms with Crippen LogP contribution in [-0.2, 0) is 4.74 Å². The molecule has 0 N–H and O–H groups in total. The van der Waals surface area contributed by atoms with Crippen molar-refractivity contribution in [2.75, 3.05) is 7.11 Å². The van der Waals surface area contributed by atoms with Crippen molar-refractivity contribution in [2.45, 2.75) is 73.8 Å². The highest BCUT2D eigenvalue weighted by molar-refractivity contribution is 4.59. The molecule has 0 aromatic rings. The topological polar surface area (TPSA) is 9.23 Å². The van der Waals surface area contributed by atoms with E-state index in [1.165, 1.54) is 12.8 Å². The first-order valence-corrected chi connectivity index (χ1v) is 6.27. The number of ether oxygens (including phenoxy) is 1. The Morgan fingerprint density at radius 2 is 1.36 bits per heavy atom. The molecule has 0 bridgehead atoms. The van der Waals surface area contributed by atoms with Gasteiger partial charge >= 0.3 is 0 Å². The largest absolute Gasteiger partial charge is 0.381 e. The third-order valence-electron chi connectivity index (χ3n) is 2.15. The van der Waals surface area contributed by atoms with Crippen LogP contribution in [0.2, 0.25) is 0 Å². The molecule has 0 heterocycles. The Morgan fingerprint density at radius 1 is 0.929 bits per heavy atom. The van der Waals surface area contributed by atoms with Crippen molar-refractivity contribution in [2.24, 2.45) is 5.92 Å². The van der Waals surface area contributed by atoms with Crippen molar-refractivity contribution in [3.8, 4) is 0 Å². The lowest BCUT2D eigenvalue weighted by Crippen LogP contribution is -2.12. The van der Waals surface area contributed by atoms with Crippen LogP contribution in [-0.4, -0.2) is 13.2 Å². The van der Waals surface area contributed by atoms with Gasteiger partial charge in [-0.3, -0.25) is 0 Å². The van der Waals surface area contributed by atoms with Gasteiger partial charge in [0.25, 0.3) is 0 Å². The van der Waals surface area contributed by atoms with Gasteiger partial charge in [-0.25, -0.2) is 0 Å². The Morgan fingerprint density at radius 3 is 1.57 bits per heavy atom. The second kappa shape index (κ2) is 18.7. The van der Waals surface area contributed by atoms with E-state index in [0.717, 1.165) is 12.3 Å². The number of rotatable bonds is 5. The average Bonchev–Trinajstić information content (AvgIpc) is 2.30. The highest BCUT2D eigenvalue weighted by Crippen LogP contribution is 2.13. The lowest BCUT2D eigenvalue weighted by Gasteiger charge is -2.16. The molecule has 0 aliphatic carbocycles. The summed E-state index contributed by atoms with van der Waals surface area (Å²) < 4.78 is 5.27. The maximum Gasteiger partial charge on any atom is 0.0571 e. The van der Waals surface area contributed by atoms with Gasteiger partial charge in [-0.05, 0) is 18.8 Å². The van der Waals surface area contributed by atoms with E-state index in [1.54, 1.807) is 7.11 Å². The van der Waals surface area contributed by atoms with E-state index in [1.807, 2.05) is 27.7 Å². The number of methoxy groups -OCH3 is 1. The molecule has 90 valence electrons. The second-order valence-corrected chi connectivity index (χ2v) is 3.02. The molecule has 2 atom stereocenters. The van der Waals surface area contributed by atoms with E-state index in [2.05, 4.69) is 20.8 Å². The first-order valence-electron chi connectivity index (χ1n) is 6.27. The summed E-state index contributed by atoms with van der Waals surface area (Å²) in [5.41, 5.74) is 0. The summed E-state index contributed by atoms with van der Waals surface area (Å²) in [5, 5.41) is 0. The Bertz CT molecular complexity index is 67.6. The van der Waals surface area contributed by atoms with Crippen LogP contribution in [0.15, 0.2) is 0 Å². The fourth-order valence-electron chi connectivity index (χ4n) is 1.05. The first-order chi connectivity index (χ1) is 6.74. The van der Waals surface area contributed by atoms with Crippen LogP contribution in [0.25, 0.3) is 0 Å². The van der Waals surface area contributed by atoms with E-state index >= 15 is 0 Å². The molecule has 0 rings (SSSR count). The maximum absolute atomic E-state index is 5.27. The van der Waals surface area contributed by atoms with Crippen molar-refractivity contribution < 1.29 is 4.74 Å². The van der Waals surface area contributed by atoms with Crippen LogP contribution in [0.3, 0.4) is 0 Å². The van der Waals surface area contributed by atoms with Gasteiger partial charge in [-0.2, -0.15) is 0 Å². The zero-order chi connectivity index (χ0) is 12.0. The summed E-state index contributed by atoms with van der Waals surface area (Å²) in [6, 6.07) is 0.